The van der Waals surface area contributed by atoms with Gasteiger partial charge in [0.05, 0.1) is 17.4 Å². The summed E-state index contributed by atoms with van der Waals surface area (Å²) in [6, 6.07) is 11.2. The Morgan fingerprint density at radius 1 is 1.41 bits per heavy atom. The standard InChI is InChI=1S/C16H14FN3OS/c1-11(12-4-6-14(17)7-5-12)20-15(21)10-22-16-13(9-18)3-2-8-19-16/h2-8,11H,10H2,1H3,(H,20,21)/t11-/m0/s1. The van der Waals surface area contributed by atoms with Crippen LogP contribution in [0.3, 0.4) is 0 Å². The molecule has 2 aromatic rings. The number of aromatic nitrogens is 1. The van der Waals surface area contributed by atoms with Crippen LogP contribution in [0.5, 0.6) is 0 Å². The number of rotatable bonds is 5. The molecule has 6 heteroatoms. The zero-order chi connectivity index (χ0) is 15.9. The van der Waals surface area contributed by atoms with Gasteiger partial charge in [0.25, 0.3) is 0 Å². The molecule has 1 aromatic heterocycles. The van der Waals surface area contributed by atoms with Gasteiger partial charge < -0.3 is 5.32 Å². The summed E-state index contributed by atoms with van der Waals surface area (Å²) in [6.07, 6.45) is 1.59. The first-order valence-electron chi connectivity index (χ1n) is 6.63. The van der Waals surface area contributed by atoms with E-state index in [0.717, 1.165) is 5.56 Å². The van der Waals surface area contributed by atoms with Gasteiger partial charge in [-0.15, -0.1) is 0 Å². The minimum absolute atomic E-state index is 0.164. The third-order valence-electron chi connectivity index (χ3n) is 2.98. The molecule has 4 nitrogen and oxygen atoms in total. The van der Waals surface area contributed by atoms with E-state index >= 15 is 0 Å². The molecule has 0 aliphatic heterocycles. The Hall–Kier alpha value is -2.39. The number of nitrogens with one attached hydrogen (secondary N) is 1. The van der Waals surface area contributed by atoms with Crippen molar-refractivity contribution in [2.75, 3.05) is 5.75 Å². The van der Waals surface area contributed by atoms with Crippen molar-refractivity contribution in [2.45, 2.75) is 18.0 Å². The normalized spacial score (nSPS) is 11.5. The predicted molar refractivity (Wildman–Crippen MR) is 82.6 cm³/mol. The Kier molecular flexibility index (Phi) is 5.50. The molecule has 0 saturated carbocycles. The van der Waals surface area contributed by atoms with Crippen molar-refractivity contribution in [3.8, 4) is 6.07 Å². The number of halogens is 1. The summed E-state index contributed by atoms with van der Waals surface area (Å²) in [5, 5.41) is 12.3. The average Bonchev–Trinajstić information content (AvgIpc) is 2.53. The lowest BCUT2D eigenvalue weighted by atomic mass is 10.1. The van der Waals surface area contributed by atoms with Crippen molar-refractivity contribution in [3.05, 3.63) is 59.5 Å². The Bertz CT molecular complexity index is 697. The zero-order valence-corrected chi connectivity index (χ0v) is 12.7. The molecule has 0 aliphatic carbocycles. The Balaban J connectivity index is 1.90. The number of thioether (sulfide) groups is 1. The van der Waals surface area contributed by atoms with Gasteiger partial charge in [0.2, 0.25) is 5.91 Å². The van der Waals surface area contributed by atoms with Gasteiger partial charge in [-0.3, -0.25) is 4.79 Å². The molecule has 0 unspecified atom stereocenters. The number of amides is 1. The summed E-state index contributed by atoms with van der Waals surface area (Å²) >= 11 is 1.21. The number of nitrogens with zero attached hydrogens (tertiary/aromatic N) is 2. The fourth-order valence-electron chi connectivity index (χ4n) is 1.84. The van der Waals surface area contributed by atoms with Gasteiger partial charge in [0, 0.05) is 6.20 Å². The van der Waals surface area contributed by atoms with Crippen molar-refractivity contribution < 1.29 is 9.18 Å². The molecule has 0 fully saturated rings. The van der Waals surface area contributed by atoms with Gasteiger partial charge in [0.15, 0.2) is 0 Å². The van der Waals surface area contributed by atoms with Crippen molar-refractivity contribution in [1.29, 1.82) is 5.26 Å². The molecule has 1 N–H and O–H groups in total. The molecule has 0 radical (unpaired) electrons. The number of carbonyl (C=O) groups excluding carboxylic acids is 1. The second-order valence-electron chi connectivity index (χ2n) is 4.60. The molecule has 1 atom stereocenters. The number of nitriles is 1. The molecule has 0 saturated heterocycles. The fraction of sp³-hybridized carbons (Fsp3) is 0.188. The van der Waals surface area contributed by atoms with Gasteiger partial charge in [-0.25, -0.2) is 9.37 Å². The first kappa shape index (κ1) is 16.0. The lowest BCUT2D eigenvalue weighted by Crippen LogP contribution is -2.28. The Labute approximate surface area is 132 Å². The van der Waals surface area contributed by atoms with E-state index in [4.69, 9.17) is 5.26 Å². The fourth-order valence-corrected chi connectivity index (χ4v) is 2.60. The zero-order valence-electron chi connectivity index (χ0n) is 11.9. The van der Waals surface area contributed by atoms with Crippen LogP contribution in [0.15, 0.2) is 47.6 Å². The van der Waals surface area contributed by atoms with Crippen LogP contribution < -0.4 is 5.32 Å². The largest absolute Gasteiger partial charge is 0.349 e. The molecule has 112 valence electrons. The van der Waals surface area contributed by atoms with Gasteiger partial charge >= 0.3 is 0 Å². The molecule has 0 aliphatic rings. The molecular formula is C16H14FN3OS. The van der Waals surface area contributed by atoms with Gasteiger partial charge in [-0.1, -0.05) is 23.9 Å². The summed E-state index contributed by atoms with van der Waals surface area (Å²) < 4.78 is 12.9. The molecule has 1 heterocycles. The first-order valence-corrected chi connectivity index (χ1v) is 7.61. The van der Waals surface area contributed by atoms with E-state index in [2.05, 4.69) is 10.3 Å². The molecular weight excluding hydrogens is 301 g/mol. The molecule has 1 aromatic carbocycles. The van der Waals surface area contributed by atoms with E-state index in [-0.39, 0.29) is 23.5 Å². The number of pyridine rings is 1. The van der Waals surface area contributed by atoms with Crippen LogP contribution in [-0.4, -0.2) is 16.6 Å². The van der Waals surface area contributed by atoms with Crippen molar-refractivity contribution in [3.63, 3.8) is 0 Å². The van der Waals surface area contributed by atoms with E-state index in [9.17, 15) is 9.18 Å². The van der Waals surface area contributed by atoms with Gasteiger partial charge in [-0.2, -0.15) is 5.26 Å². The Morgan fingerprint density at radius 2 is 2.14 bits per heavy atom. The summed E-state index contributed by atoms with van der Waals surface area (Å²) in [7, 11) is 0. The number of carbonyl (C=O) groups is 1. The average molecular weight is 315 g/mol. The third kappa shape index (κ3) is 4.30. The maximum absolute atomic E-state index is 12.9. The third-order valence-corrected chi connectivity index (χ3v) is 3.98. The van der Waals surface area contributed by atoms with E-state index in [0.29, 0.717) is 10.6 Å². The molecule has 1 amide bonds. The van der Waals surface area contributed by atoms with Gasteiger partial charge in [-0.05, 0) is 36.8 Å². The second kappa shape index (κ2) is 7.57. The lowest BCUT2D eigenvalue weighted by Gasteiger charge is -2.14. The van der Waals surface area contributed by atoms with Crippen LogP contribution in [0.4, 0.5) is 4.39 Å². The van der Waals surface area contributed by atoms with Crippen LogP contribution >= 0.6 is 11.8 Å². The van der Waals surface area contributed by atoms with Crippen LogP contribution in [-0.2, 0) is 4.79 Å². The van der Waals surface area contributed by atoms with Crippen molar-refractivity contribution in [1.82, 2.24) is 10.3 Å². The highest BCUT2D eigenvalue weighted by molar-refractivity contribution is 7.99. The monoisotopic (exact) mass is 315 g/mol. The maximum atomic E-state index is 12.9. The van der Waals surface area contributed by atoms with Crippen molar-refractivity contribution in [2.24, 2.45) is 0 Å². The molecule has 2 rings (SSSR count). The number of hydrogen-bond acceptors (Lipinski definition) is 4. The smallest absolute Gasteiger partial charge is 0.230 e. The van der Waals surface area contributed by atoms with E-state index in [1.54, 1.807) is 30.5 Å². The van der Waals surface area contributed by atoms with E-state index in [1.807, 2.05) is 13.0 Å². The summed E-state index contributed by atoms with van der Waals surface area (Å²) in [5.74, 6) is -0.314. The minimum Gasteiger partial charge on any atom is -0.349 e. The number of benzene rings is 1. The molecule has 0 spiro atoms. The van der Waals surface area contributed by atoms with Crippen LogP contribution in [0.1, 0.15) is 24.1 Å². The minimum atomic E-state index is -0.308. The highest BCUT2D eigenvalue weighted by atomic mass is 32.2. The quantitative estimate of drug-likeness (QED) is 0.861. The highest BCUT2D eigenvalue weighted by Gasteiger charge is 2.11. The van der Waals surface area contributed by atoms with Crippen LogP contribution in [0.2, 0.25) is 0 Å². The van der Waals surface area contributed by atoms with Crippen LogP contribution in [0, 0.1) is 17.1 Å². The lowest BCUT2D eigenvalue weighted by molar-refractivity contribution is -0.119. The molecule has 22 heavy (non-hydrogen) atoms. The number of hydrogen-bond donors (Lipinski definition) is 1. The maximum Gasteiger partial charge on any atom is 0.230 e. The topological polar surface area (TPSA) is 65.8 Å². The summed E-state index contributed by atoms with van der Waals surface area (Å²) in [6.45, 7) is 1.83. The van der Waals surface area contributed by atoms with Crippen LogP contribution in [0.25, 0.3) is 0 Å². The predicted octanol–water partition coefficient (Wildman–Crippen LogP) is 3.06. The highest BCUT2D eigenvalue weighted by Crippen LogP contribution is 2.19. The Morgan fingerprint density at radius 3 is 2.82 bits per heavy atom. The molecule has 0 bridgehead atoms. The summed E-state index contributed by atoms with van der Waals surface area (Å²) in [5.41, 5.74) is 1.28. The van der Waals surface area contributed by atoms with E-state index < -0.39 is 0 Å². The first-order chi connectivity index (χ1) is 10.6. The summed E-state index contributed by atoms with van der Waals surface area (Å²) in [4.78, 5) is 16.0. The van der Waals surface area contributed by atoms with E-state index in [1.165, 1.54) is 23.9 Å². The second-order valence-corrected chi connectivity index (χ2v) is 5.56. The SMILES string of the molecule is C[C@H](NC(=O)CSc1ncccc1C#N)c1ccc(F)cc1. The van der Waals surface area contributed by atoms with Gasteiger partial charge in [0.1, 0.15) is 16.9 Å². The van der Waals surface area contributed by atoms with Crippen molar-refractivity contribution >= 4 is 17.7 Å².